The third-order valence-electron chi connectivity index (χ3n) is 11.9. The Morgan fingerprint density at radius 1 is 0.350 bits per heavy atom. The monoisotopic (exact) mass is 787 g/mol. The third kappa shape index (κ3) is 6.15. The maximum absolute atomic E-state index is 2.44. The molecule has 0 saturated heterocycles. The van der Waals surface area contributed by atoms with Crippen LogP contribution >= 0.6 is 11.3 Å². The van der Waals surface area contributed by atoms with Crippen LogP contribution in [0.3, 0.4) is 0 Å². The predicted octanol–water partition coefficient (Wildman–Crippen LogP) is 17.6. The van der Waals surface area contributed by atoms with Gasteiger partial charge in [0.1, 0.15) is 0 Å². The molecule has 11 aromatic rings. The van der Waals surface area contributed by atoms with Crippen molar-refractivity contribution >= 4 is 64.1 Å². The predicted molar refractivity (Wildman–Crippen MR) is 264 cm³/mol. The lowest BCUT2D eigenvalue weighted by molar-refractivity contribution is 1.18. The van der Waals surface area contributed by atoms with Crippen molar-refractivity contribution in [2.24, 2.45) is 0 Å². The summed E-state index contributed by atoms with van der Waals surface area (Å²) >= 11 is 1.91. The number of allylic oxidation sites excluding steroid dienone is 2. The van der Waals surface area contributed by atoms with E-state index in [1.165, 1.54) is 108 Å². The number of rotatable bonds is 4. The Morgan fingerprint density at radius 3 is 1.65 bits per heavy atom. The number of hydrogen-bond donors (Lipinski definition) is 0. The van der Waals surface area contributed by atoms with Crippen molar-refractivity contribution in [3.63, 3.8) is 0 Å². The Bertz CT molecular complexity index is 3390. The molecule has 0 bridgehead atoms. The summed E-state index contributed by atoms with van der Waals surface area (Å²) in [5.41, 5.74) is 16.4. The molecule has 1 nitrogen and oxygen atoms in total. The normalized spacial score (nSPS) is 11.6. The molecule has 0 N–H and O–H groups in total. The highest BCUT2D eigenvalue weighted by molar-refractivity contribution is 7.26. The van der Waals surface area contributed by atoms with Crippen molar-refractivity contribution in [1.29, 1.82) is 0 Å². The average Bonchev–Trinajstić information content (AvgIpc) is 3.98. The average molecular weight is 788 g/mol. The number of benzene rings is 9. The first-order valence-electron chi connectivity index (χ1n) is 21.1. The highest BCUT2D eigenvalue weighted by atomic mass is 32.1. The minimum absolute atomic E-state index is 1.16. The largest absolute Gasteiger partial charge is 0.309 e. The lowest BCUT2D eigenvalue weighted by atomic mass is 9.96. The van der Waals surface area contributed by atoms with Gasteiger partial charge >= 0.3 is 0 Å². The van der Waals surface area contributed by atoms with Crippen LogP contribution in [-0.2, 0) is 0 Å². The summed E-state index contributed by atoms with van der Waals surface area (Å²) in [6.45, 7) is 8.00. The van der Waals surface area contributed by atoms with Gasteiger partial charge in [0, 0.05) is 36.6 Å². The molecule has 0 amide bonds. The molecule has 12 rings (SSSR count). The molecule has 0 unspecified atom stereocenters. The van der Waals surface area contributed by atoms with Crippen LogP contribution < -0.4 is 0 Å². The Hall–Kier alpha value is -7.00. The maximum Gasteiger partial charge on any atom is 0.0541 e. The Labute approximate surface area is 356 Å². The van der Waals surface area contributed by atoms with Gasteiger partial charge in [-0.3, -0.25) is 0 Å². The maximum atomic E-state index is 2.44. The molecule has 288 valence electrons. The van der Waals surface area contributed by atoms with E-state index in [2.05, 4.69) is 193 Å². The first kappa shape index (κ1) is 37.3. The van der Waals surface area contributed by atoms with Crippen molar-refractivity contribution in [3.05, 3.63) is 200 Å². The van der Waals surface area contributed by atoms with E-state index in [0.717, 1.165) is 5.69 Å². The molecular weight excluding hydrogens is 743 g/mol. The molecule has 0 atom stereocenters. The second-order valence-corrected chi connectivity index (χ2v) is 16.2. The van der Waals surface area contributed by atoms with E-state index in [0.29, 0.717) is 0 Å². The standard InChI is InChI=1S/C52H31NS.C4H8.C2H6/c1-2-10-32(11-3-1)33-20-22-34(23-21-33)35-12-8-13-38(28-35)53-47-19-7-6-16-41(47)44-29-36(24-26-48(44)53)37-25-27-49-46(30-37)52-43-18-9-17-42-39-14-4-5-15-40(39)45(51(42)43)31-50(52)54-49;1-3-4-2;1-2/h1-31H;3-4H,1-2H3;1-2H3/b;4-3-;. The van der Waals surface area contributed by atoms with Crippen LogP contribution in [0.15, 0.2) is 200 Å². The number of fused-ring (bicyclic) bond motifs is 10. The van der Waals surface area contributed by atoms with E-state index in [9.17, 15) is 0 Å². The van der Waals surface area contributed by atoms with Crippen LogP contribution in [0.1, 0.15) is 27.7 Å². The number of hydrogen-bond acceptors (Lipinski definition) is 1. The van der Waals surface area contributed by atoms with Gasteiger partial charge in [0.05, 0.1) is 11.0 Å². The third-order valence-corrected chi connectivity index (χ3v) is 13.0. The quantitative estimate of drug-likeness (QED) is 0.157. The van der Waals surface area contributed by atoms with Gasteiger partial charge in [0.2, 0.25) is 0 Å². The van der Waals surface area contributed by atoms with E-state index >= 15 is 0 Å². The highest BCUT2D eigenvalue weighted by Crippen LogP contribution is 2.52. The molecule has 0 saturated carbocycles. The van der Waals surface area contributed by atoms with Crippen molar-refractivity contribution in [2.75, 3.05) is 0 Å². The molecule has 0 spiro atoms. The Kier molecular flexibility index (Phi) is 9.72. The van der Waals surface area contributed by atoms with Crippen molar-refractivity contribution in [3.8, 4) is 61.3 Å². The van der Waals surface area contributed by atoms with Crippen molar-refractivity contribution in [2.45, 2.75) is 27.7 Å². The van der Waals surface area contributed by atoms with Crippen LogP contribution in [-0.4, -0.2) is 4.57 Å². The summed E-state index contributed by atoms with van der Waals surface area (Å²) in [5.74, 6) is 0. The molecule has 1 aliphatic rings. The fraction of sp³-hybridized carbons (Fsp3) is 0.0690. The van der Waals surface area contributed by atoms with Crippen LogP contribution in [0.25, 0.3) is 114 Å². The number of nitrogens with zero attached hydrogens (tertiary/aromatic N) is 1. The van der Waals surface area contributed by atoms with Crippen molar-refractivity contribution in [1.82, 2.24) is 4.57 Å². The summed E-state index contributed by atoms with van der Waals surface area (Å²) in [4.78, 5) is 0. The summed E-state index contributed by atoms with van der Waals surface area (Å²) in [6, 6.07) is 69.5. The fourth-order valence-electron chi connectivity index (χ4n) is 9.06. The molecule has 9 aromatic carbocycles. The zero-order valence-corrected chi connectivity index (χ0v) is 35.2. The van der Waals surface area contributed by atoms with Gasteiger partial charge in [0.25, 0.3) is 0 Å². The molecule has 0 aliphatic heterocycles. The van der Waals surface area contributed by atoms with Crippen molar-refractivity contribution < 1.29 is 0 Å². The number of thiophene rings is 1. The van der Waals surface area contributed by atoms with Gasteiger partial charge in [0.15, 0.2) is 0 Å². The molecule has 2 heterocycles. The molecule has 1 aliphatic carbocycles. The first-order valence-corrected chi connectivity index (χ1v) is 21.9. The molecule has 2 aromatic heterocycles. The minimum atomic E-state index is 1.16. The van der Waals surface area contributed by atoms with E-state index in [-0.39, 0.29) is 0 Å². The zero-order chi connectivity index (χ0) is 40.7. The van der Waals surface area contributed by atoms with E-state index in [1.54, 1.807) is 0 Å². The van der Waals surface area contributed by atoms with Gasteiger partial charge in [-0.15, -0.1) is 11.3 Å². The second kappa shape index (κ2) is 15.6. The molecule has 0 fully saturated rings. The molecular formula is C58H45NS. The molecule has 0 radical (unpaired) electrons. The Balaban J connectivity index is 0.000000684. The van der Waals surface area contributed by atoms with Crippen LogP contribution in [0.2, 0.25) is 0 Å². The summed E-state index contributed by atoms with van der Waals surface area (Å²) in [5, 5.41) is 7.98. The van der Waals surface area contributed by atoms with Gasteiger partial charge in [-0.05, 0) is 129 Å². The van der Waals surface area contributed by atoms with E-state index in [1.807, 2.05) is 51.2 Å². The SMILES string of the molecule is C/C=C\C.CC.c1ccc(-c2ccc(-c3cccc(-n4c5ccccc5c5cc(-c6ccc7sc8cc9c%10c(cccc%10c8c7c6)-c6ccccc6-9)ccc54)c3)cc2)cc1. The molecule has 60 heavy (non-hydrogen) atoms. The van der Waals surface area contributed by atoms with E-state index in [4.69, 9.17) is 0 Å². The van der Waals surface area contributed by atoms with Crippen LogP contribution in [0, 0.1) is 0 Å². The highest BCUT2D eigenvalue weighted by Gasteiger charge is 2.24. The van der Waals surface area contributed by atoms with Gasteiger partial charge in [-0.2, -0.15) is 0 Å². The summed E-state index contributed by atoms with van der Waals surface area (Å²) in [6.07, 6.45) is 4.00. The van der Waals surface area contributed by atoms with Gasteiger partial charge in [-0.1, -0.05) is 166 Å². The molecule has 2 heteroatoms. The summed E-state index contributed by atoms with van der Waals surface area (Å²) < 4.78 is 5.11. The first-order chi connectivity index (χ1) is 29.7. The fourth-order valence-corrected chi connectivity index (χ4v) is 10.2. The lowest BCUT2D eigenvalue weighted by Crippen LogP contribution is -1.94. The van der Waals surface area contributed by atoms with Crippen LogP contribution in [0.4, 0.5) is 0 Å². The van der Waals surface area contributed by atoms with E-state index < -0.39 is 0 Å². The second-order valence-electron chi connectivity index (χ2n) is 15.1. The summed E-state index contributed by atoms with van der Waals surface area (Å²) in [7, 11) is 0. The van der Waals surface area contributed by atoms with Gasteiger partial charge in [-0.25, -0.2) is 0 Å². The van der Waals surface area contributed by atoms with Crippen LogP contribution in [0.5, 0.6) is 0 Å². The topological polar surface area (TPSA) is 4.93 Å². The zero-order valence-electron chi connectivity index (χ0n) is 34.4. The lowest BCUT2D eigenvalue weighted by Gasteiger charge is -2.11. The minimum Gasteiger partial charge on any atom is -0.309 e. The Morgan fingerprint density at radius 2 is 0.883 bits per heavy atom. The number of aromatic nitrogens is 1. The number of para-hydroxylation sites is 1. The smallest absolute Gasteiger partial charge is 0.0541 e. The van der Waals surface area contributed by atoms with Gasteiger partial charge < -0.3 is 4.57 Å².